The fourth-order valence-electron chi connectivity index (χ4n) is 7.81. The Hall–Kier alpha value is -4.47. The summed E-state index contributed by atoms with van der Waals surface area (Å²) in [6.07, 6.45) is 6.49. The predicted molar refractivity (Wildman–Crippen MR) is 221 cm³/mol. The molecular weight excluding hydrogens is 747 g/mol. The molecule has 2 aliphatic rings. The number of hydrogen-bond donors (Lipinski definition) is 5. The second-order valence-corrected chi connectivity index (χ2v) is 20.6. The number of amides is 5. The van der Waals surface area contributed by atoms with Crippen molar-refractivity contribution < 1.29 is 32.7 Å². The third kappa shape index (κ3) is 10.7. The first-order valence-corrected chi connectivity index (χ1v) is 22.2. The van der Waals surface area contributed by atoms with Gasteiger partial charge < -0.3 is 26.2 Å². The summed E-state index contributed by atoms with van der Waals surface area (Å²) in [6.45, 7) is 15.4. The van der Waals surface area contributed by atoms with Gasteiger partial charge in [-0.05, 0) is 72.1 Å². The monoisotopic (exact) mass is 809 g/mol. The number of likely N-dealkylation sites (tertiary alicyclic amines) is 1. The number of fused-ring (bicyclic) bond motifs is 1. The van der Waals surface area contributed by atoms with E-state index in [4.69, 9.17) is 0 Å². The topological polar surface area (TPSA) is 190 Å². The molecule has 0 radical (unpaired) electrons. The summed E-state index contributed by atoms with van der Waals surface area (Å²) in [5.41, 5.74) is 1.56. The van der Waals surface area contributed by atoms with Gasteiger partial charge in [0.2, 0.25) is 17.6 Å². The van der Waals surface area contributed by atoms with E-state index < -0.39 is 68.7 Å². The van der Waals surface area contributed by atoms with Gasteiger partial charge in [-0.2, -0.15) is 4.21 Å². The van der Waals surface area contributed by atoms with Gasteiger partial charge in [-0.1, -0.05) is 84.4 Å². The van der Waals surface area contributed by atoms with Crippen molar-refractivity contribution in [3.63, 3.8) is 0 Å². The number of carbonyl (C=O) groups excluding carboxylic acids is 5. The van der Waals surface area contributed by atoms with E-state index in [0.717, 1.165) is 11.1 Å². The summed E-state index contributed by atoms with van der Waals surface area (Å²) in [7, 11) is -3.10. The molecule has 1 aromatic carbocycles. The van der Waals surface area contributed by atoms with Crippen LogP contribution in [0.1, 0.15) is 71.9 Å². The largest absolute Gasteiger partial charge is 0.346 e. The van der Waals surface area contributed by atoms with Crippen molar-refractivity contribution in [2.24, 2.45) is 23.2 Å². The van der Waals surface area contributed by atoms with Crippen LogP contribution in [0.5, 0.6) is 0 Å². The second kappa shape index (κ2) is 18.4. The highest BCUT2D eigenvalue weighted by Gasteiger charge is 2.48. The molecule has 2 aromatic rings. The van der Waals surface area contributed by atoms with Gasteiger partial charge in [-0.3, -0.25) is 23.7 Å². The Kier molecular flexibility index (Phi) is 14.6. The zero-order chi connectivity index (χ0) is 42.3. The minimum atomic E-state index is -4.61. The molecule has 314 valence electrons. The number of hydrogen-bond acceptors (Lipinski definition) is 7. The van der Waals surface area contributed by atoms with E-state index in [1.165, 1.54) is 40.8 Å². The standard InChI is InChI=1S/C42H63N7O7S/c1-10-16-32(37(50)39(52)44-21-11-2)45-38(51)36-31(27(3)4)20-23-49(36)40(53)35(30-24-28-17-12-13-18-29(28)25-30)47-41(54)46-33(42(5,6)7)26-48(8)57(9,55,56)34-19-14-15-22-43-34/h11-15,17-19,22,27,30-33,35-36H,2,10,16,20-21,23-26H2,1,3-9H3,(H,44,52)(H,45,51)(H,55,56)(H2,46,47,54)/t31-,32?,33-,35+,36+/m1/s1. The molecule has 1 unspecified atom stereocenters. The van der Waals surface area contributed by atoms with Crippen molar-refractivity contribution >= 4 is 39.1 Å². The van der Waals surface area contributed by atoms with Crippen LogP contribution in [-0.2, 0) is 41.6 Å². The number of pyridine rings is 1. The third-order valence-corrected chi connectivity index (χ3v) is 14.3. The van der Waals surface area contributed by atoms with Gasteiger partial charge in [0, 0.05) is 45.2 Å². The Morgan fingerprint density at radius 1 is 1.04 bits per heavy atom. The molecular formula is C42H63N7O7S. The fraction of sp³-hybridized carbons (Fsp3) is 0.571. The molecule has 0 bridgehead atoms. The molecule has 0 spiro atoms. The van der Waals surface area contributed by atoms with E-state index in [0.29, 0.717) is 25.7 Å². The van der Waals surface area contributed by atoms with E-state index in [1.807, 2.05) is 65.8 Å². The maximum Gasteiger partial charge on any atom is 0.315 e. The molecule has 0 saturated carbocycles. The number of carbonyl (C=O) groups is 5. The Labute approximate surface area is 337 Å². The average molecular weight is 810 g/mol. The number of benzene rings is 1. The molecule has 4 rings (SSSR count). The highest BCUT2D eigenvalue weighted by molar-refractivity contribution is 8.12. The summed E-state index contributed by atoms with van der Waals surface area (Å²) in [5.74, 6) is -3.11. The third-order valence-electron chi connectivity index (χ3n) is 11.4. The smallest absolute Gasteiger partial charge is 0.315 e. The number of nitrogens with zero attached hydrogens (tertiary/aromatic N) is 3. The zero-order valence-corrected chi connectivity index (χ0v) is 35.6. The second-order valence-electron chi connectivity index (χ2n) is 17.0. The summed E-state index contributed by atoms with van der Waals surface area (Å²) in [5, 5.41) is 11.3. The normalized spacial score (nSPS) is 19.5. The molecule has 1 saturated heterocycles. The lowest BCUT2D eigenvalue weighted by Gasteiger charge is -2.48. The maximum atomic E-state index is 14.9. The van der Waals surface area contributed by atoms with Gasteiger partial charge in [-0.15, -0.1) is 16.1 Å². The van der Waals surface area contributed by atoms with Crippen LogP contribution in [0.25, 0.3) is 0 Å². The summed E-state index contributed by atoms with van der Waals surface area (Å²) >= 11 is 0. The number of urea groups is 1. The summed E-state index contributed by atoms with van der Waals surface area (Å²) < 4.78 is 26.9. The molecule has 15 heteroatoms. The lowest BCUT2D eigenvalue weighted by Crippen LogP contribution is -2.62. The van der Waals surface area contributed by atoms with Crippen molar-refractivity contribution in [2.75, 3.05) is 32.9 Å². The van der Waals surface area contributed by atoms with E-state index in [2.05, 4.69) is 32.8 Å². The van der Waals surface area contributed by atoms with Gasteiger partial charge in [0.05, 0.1) is 6.04 Å². The maximum absolute atomic E-state index is 14.9. The fourth-order valence-corrected chi connectivity index (χ4v) is 9.32. The molecule has 1 aromatic heterocycles. The van der Waals surface area contributed by atoms with Crippen LogP contribution in [0.2, 0.25) is 0 Å². The predicted octanol–water partition coefficient (Wildman–Crippen LogP) is 3.74. The molecule has 1 aliphatic heterocycles. The quantitative estimate of drug-likeness (QED) is 0.118. The van der Waals surface area contributed by atoms with Crippen molar-refractivity contribution in [3.8, 4) is 0 Å². The minimum Gasteiger partial charge on any atom is -0.346 e. The van der Waals surface area contributed by atoms with Gasteiger partial charge in [0.25, 0.3) is 5.91 Å². The van der Waals surface area contributed by atoms with Crippen LogP contribution < -0.4 is 21.3 Å². The van der Waals surface area contributed by atoms with Gasteiger partial charge in [-0.25, -0.2) is 14.1 Å². The zero-order valence-electron chi connectivity index (χ0n) is 34.7. The van der Waals surface area contributed by atoms with Crippen LogP contribution >= 0.6 is 0 Å². The van der Waals surface area contributed by atoms with E-state index in [1.54, 1.807) is 12.1 Å². The van der Waals surface area contributed by atoms with E-state index in [-0.39, 0.29) is 48.8 Å². The molecule has 1 aliphatic carbocycles. The number of nitrogens with one attached hydrogen (secondary N) is 4. The molecule has 57 heavy (non-hydrogen) atoms. The molecule has 2 heterocycles. The Morgan fingerprint density at radius 2 is 1.67 bits per heavy atom. The lowest BCUT2D eigenvalue weighted by atomic mass is 9.86. The number of likely N-dealkylation sites (N-methyl/N-ethyl adjacent to an activating group) is 1. The van der Waals surface area contributed by atoms with Crippen molar-refractivity contribution in [1.29, 1.82) is 0 Å². The lowest BCUT2D eigenvalue weighted by molar-refractivity contribution is -0.144. The van der Waals surface area contributed by atoms with Crippen LogP contribution in [0.4, 0.5) is 4.79 Å². The number of aromatic nitrogens is 1. The first-order valence-electron chi connectivity index (χ1n) is 19.9. The molecule has 5 amide bonds. The minimum absolute atomic E-state index is 0.000108. The number of rotatable bonds is 17. The van der Waals surface area contributed by atoms with E-state index >= 15 is 0 Å². The average Bonchev–Trinajstić information content (AvgIpc) is 3.80. The van der Waals surface area contributed by atoms with Crippen LogP contribution in [0.3, 0.4) is 0 Å². The molecule has 1 fully saturated rings. The molecule has 5 N–H and O–H groups in total. The SMILES string of the molecule is C=CCNC(=O)C(=O)C(CCC)NC(=O)[C@@H]1[C@@H](C(C)C)CCN1C(=O)[C@@H](NC(=O)N[C@H](CN(C)S(C)(=O)(O)c1ccccn1)C(C)(C)C)C1Cc2ccccc2C1. The number of ketones is 1. The van der Waals surface area contributed by atoms with Crippen molar-refractivity contribution in [1.82, 2.24) is 35.5 Å². The molecule has 5 atom stereocenters. The summed E-state index contributed by atoms with van der Waals surface area (Å²) in [6, 6.07) is 8.33. The van der Waals surface area contributed by atoms with Crippen molar-refractivity contribution in [2.45, 2.75) is 103 Å². The highest BCUT2D eigenvalue weighted by Crippen LogP contribution is 2.36. The number of Topliss-reactive ketones (excluding diaryl/α,β-unsaturated/α-hetero) is 1. The van der Waals surface area contributed by atoms with Crippen molar-refractivity contribution in [3.05, 3.63) is 72.4 Å². The highest BCUT2D eigenvalue weighted by atomic mass is 32.3. The van der Waals surface area contributed by atoms with E-state index in [9.17, 15) is 32.7 Å². The van der Waals surface area contributed by atoms with Gasteiger partial charge in [0.1, 0.15) is 12.1 Å². The first-order chi connectivity index (χ1) is 26.7. The Morgan fingerprint density at radius 3 is 2.21 bits per heavy atom. The van der Waals surface area contributed by atoms with Crippen LogP contribution in [0.15, 0.2) is 66.3 Å². The Balaban J connectivity index is 1.63. The van der Waals surface area contributed by atoms with Crippen LogP contribution in [0, 0.1) is 23.2 Å². The van der Waals surface area contributed by atoms with Gasteiger partial charge in [0.15, 0.2) is 5.03 Å². The van der Waals surface area contributed by atoms with Crippen LogP contribution in [-0.4, -0.2) is 110 Å². The Bertz CT molecular complexity index is 1830. The molecule has 14 nitrogen and oxygen atoms in total. The van der Waals surface area contributed by atoms with Gasteiger partial charge >= 0.3 is 6.03 Å². The first kappa shape index (κ1) is 45.2. The summed E-state index contributed by atoms with van der Waals surface area (Å²) in [4.78, 5) is 74.8.